The van der Waals surface area contributed by atoms with Gasteiger partial charge in [-0.15, -0.1) is 0 Å². The van der Waals surface area contributed by atoms with Gasteiger partial charge in [-0.25, -0.2) is 0 Å². The van der Waals surface area contributed by atoms with Crippen molar-refractivity contribution in [3.05, 3.63) is 83.4 Å². The molecule has 0 aromatic heterocycles. The van der Waals surface area contributed by atoms with Gasteiger partial charge in [-0.3, -0.25) is 9.59 Å². The maximum absolute atomic E-state index is 13.6. The standard InChI is InChI=1S/C31H38N4O3/c1-5-23-12-14-24(15-13-23)30(36)32-25-16-17-27(26(22-25)31(37)33(6-2)7-3)34-18-20-35(21-19-34)28-10-8-9-11-29(28)38-4/h8-17,22H,5-7,18-21H2,1-4H3,(H,32,36). The molecule has 0 aliphatic carbocycles. The highest BCUT2D eigenvalue weighted by atomic mass is 16.5. The van der Waals surface area contributed by atoms with E-state index in [0.717, 1.165) is 49.7 Å². The van der Waals surface area contributed by atoms with Crippen molar-refractivity contribution in [1.82, 2.24) is 4.90 Å². The van der Waals surface area contributed by atoms with Crippen LogP contribution < -0.4 is 19.9 Å². The van der Waals surface area contributed by atoms with E-state index in [1.807, 2.05) is 79.4 Å². The summed E-state index contributed by atoms with van der Waals surface area (Å²) in [6.45, 7) is 10.5. The lowest BCUT2D eigenvalue weighted by atomic mass is 10.1. The summed E-state index contributed by atoms with van der Waals surface area (Å²) in [5.41, 5.74) is 4.98. The van der Waals surface area contributed by atoms with E-state index >= 15 is 0 Å². The summed E-state index contributed by atoms with van der Waals surface area (Å²) in [6, 6.07) is 21.4. The van der Waals surface area contributed by atoms with Gasteiger partial charge >= 0.3 is 0 Å². The quantitative estimate of drug-likeness (QED) is 0.419. The number of nitrogens with one attached hydrogen (secondary N) is 1. The van der Waals surface area contributed by atoms with Crippen LogP contribution in [-0.2, 0) is 6.42 Å². The largest absolute Gasteiger partial charge is 0.495 e. The first-order valence-electron chi connectivity index (χ1n) is 13.5. The minimum Gasteiger partial charge on any atom is -0.495 e. The molecular formula is C31H38N4O3. The van der Waals surface area contributed by atoms with Crippen LogP contribution in [0.5, 0.6) is 5.75 Å². The van der Waals surface area contributed by atoms with Crippen LogP contribution in [0, 0.1) is 0 Å². The number of piperazine rings is 1. The molecule has 4 rings (SSSR count). The van der Waals surface area contributed by atoms with Crippen LogP contribution in [0.25, 0.3) is 0 Å². The molecule has 0 saturated carbocycles. The van der Waals surface area contributed by atoms with Crippen molar-refractivity contribution in [3.8, 4) is 5.75 Å². The van der Waals surface area contributed by atoms with Crippen LogP contribution in [0.15, 0.2) is 66.7 Å². The Hall–Kier alpha value is -4.00. The molecule has 1 heterocycles. The Balaban J connectivity index is 1.56. The summed E-state index contributed by atoms with van der Waals surface area (Å²) in [7, 11) is 1.70. The van der Waals surface area contributed by atoms with E-state index in [1.165, 1.54) is 5.56 Å². The van der Waals surface area contributed by atoms with E-state index in [2.05, 4.69) is 28.1 Å². The van der Waals surface area contributed by atoms with Gasteiger partial charge in [0.1, 0.15) is 5.75 Å². The summed E-state index contributed by atoms with van der Waals surface area (Å²) in [6.07, 6.45) is 0.924. The third-order valence-electron chi connectivity index (χ3n) is 7.21. The molecule has 1 aliphatic rings. The maximum atomic E-state index is 13.6. The molecule has 200 valence electrons. The van der Waals surface area contributed by atoms with Gasteiger partial charge in [0.05, 0.1) is 18.4 Å². The molecule has 1 saturated heterocycles. The van der Waals surface area contributed by atoms with Gasteiger partial charge in [-0.05, 0) is 68.3 Å². The molecule has 0 unspecified atom stereocenters. The van der Waals surface area contributed by atoms with Crippen molar-refractivity contribution < 1.29 is 14.3 Å². The summed E-state index contributed by atoms with van der Waals surface area (Å²) in [4.78, 5) is 32.9. The van der Waals surface area contributed by atoms with Gasteiger partial charge in [0, 0.05) is 56.2 Å². The number of para-hydroxylation sites is 2. The molecule has 0 atom stereocenters. The first kappa shape index (κ1) is 27.0. The van der Waals surface area contributed by atoms with E-state index < -0.39 is 0 Å². The normalized spacial score (nSPS) is 13.3. The molecule has 3 aromatic rings. The smallest absolute Gasteiger partial charge is 0.256 e. The van der Waals surface area contributed by atoms with E-state index in [-0.39, 0.29) is 11.8 Å². The van der Waals surface area contributed by atoms with Crippen LogP contribution in [0.4, 0.5) is 17.1 Å². The molecule has 0 radical (unpaired) electrons. The van der Waals surface area contributed by atoms with Gasteiger partial charge in [-0.1, -0.05) is 31.2 Å². The zero-order chi connectivity index (χ0) is 27.1. The number of anilines is 3. The molecular weight excluding hydrogens is 476 g/mol. The molecule has 1 aliphatic heterocycles. The fourth-order valence-electron chi connectivity index (χ4n) is 4.92. The Morgan fingerprint density at radius 3 is 2.08 bits per heavy atom. The number of ether oxygens (including phenoxy) is 1. The fraction of sp³-hybridized carbons (Fsp3) is 0.355. The van der Waals surface area contributed by atoms with E-state index in [4.69, 9.17) is 4.74 Å². The predicted molar refractivity (Wildman–Crippen MR) is 155 cm³/mol. The van der Waals surface area contributed by atoms with Crippen LogP contribution in [0.2, 0.25) is 0 Å². The first-order chi connectivity index (χ1) is 18.5. The Bertz CT molecular complexity index is 1250. The number of amides is 2. The highest BCUT2D eigenvalue weighted by Gasteiger charge is 2.25. The molecule has 7 heteroatoms. The number of aryl methyl sites for hydroxylation is 1. The number of methoxy groups -OCH3 is 1. The second-order valence-corrected chi connectivity index (χ2v) is 9.36. The number of carbonyl (C=O) groups is 2. The molecule has 0 bridgehead atoms. The average molecular weight is 515 g/mol. The lowest BCUT2D eigenvalue weighted by molar-refractivity contribution is 0.0773. The third-order valence-corrected chi connectivity index (χ3v) is 7.21. The topological polar surface area (TPSA) is 65.1 Å². The SMILES string of the molecule is CCc1ccc(C(=O)Nc2ccc(N3CCN(c4ccccc4OC)CC3)c(C(=O)N(CC)CC)c2)cc1. The second-order valence-electron chi connectivity index (χ2n) is 9.36. The molecule has 0 spiro atoms. The summed E-state index contributed by atoms with van der Waals surface area (Å²) >= 11 is 0. The molecule has 3 aromatic carbocycles. The Kier molecular flexibility index (Phi) is 8.89. The molecule has 38 heavy (non-hydrogen) atoms. The number of benzene rings is 3. The Morgan fingerprint density at radius 1 is 0.842 bits per heavy atom. The van der Waals surface area contributed by atoms with Crippen LogP contribution in [0.3, 0.4) is 0 Å². The minimum absolute atomic E-state index is 0.0273. The lowest BCUT2D eigenvalue weighted by Gasteiger charge is -2.38. The maximum Gasteiger partial charge on any atom is 0.256 e. The molecule has 1 fully saturated rings. The highest BCUT2D eigenvalue weighted by molar-refractivity contribution is 6.06. The third kappa shape index (κ3) is 5.93. The van der Waals surface area contributed by atoms with Gasteiger partial charge in [0.2, 0.25) is 0 Å². The van der Waals surface area contributed by atoms with Gasteiger partial charge in [0.25, 0.3) is 11.8 Å². The Labute approximate surface area is 226 Å². The number of nitrogens with zero attached hydrogens (tertiary/aromatic N) is 3. The van der Waals surface area contributed by atoms with E-state index in [9.17, 15) is 9.59 Å². The molecule has 7 nitrogen and oxygen atoms in total. The fourth-order valence-corrected chi connectivity index (χ4v) is 4.92. The Morgan fingerprint density at radius 2 is 1.47 bits per heavy atom. The van der Waals surface area contributed by atoms with Crippen molar-refractivity contribution in [2.24, 2.45) is 0 Å². The average Bonchev–Trinajstić information content (AvgIpc) is 2.97. The van der Waals surface area contributed by atoms with E-state index in [1.54, 1.807) is 7.11 Å². The predicted octanol–water partition coefficient (Wildman–Crippen LogP) is 5.32. The monoisotopic (exact) mass is 514 g/mol. The van der Waals surface area contributed by atoms with Crippen molar-refractivity contribution in [2.45, 2.75) is 27.2 Å². The zero-order valence-electron chi connectivity index (χ0n) is 22.9. The second kappa shape index (κ2) is 12.5. The van der Waals surface area contributed by atoms with Gasteiger partial charge in [-0.2, -0.15) is 0 Å². The van der Waals surface area contributed by atoms with Gasteiger partial charge in [0.15, 0.2) is 0 Å². The van der Waals surface area contributed by atoms with Gasteiger partial charge < -0.3 is 24.8 Å². The number of hydrogen-bond acceptors (Lipinski definition) is 5. The minimum atomic E-state index is -0.188. The summed E-state index contributed by atoms with van der Waals surface area (Å²) in [5, 5.41) is 2.99. The number of hydrogen-bond donors (Lipinski definition) is 1. The van der Waals surface area contributed by atoms with Crippen molar-refractivity contribution in [3.63, 3.8) is 0 Å². The number of carbonyl (C=O) groups excluding carboxylic acids is 2. The van der Waals surface area contributed by atoms with Crippen molar-refractivity contribution in [2.75, 3.05) is 61.5 Å². The van der Waals surface area contributed by atoms with E-state index in [0.29, 0.717) is 29.9 Å². The highest BCUT2D eigenvalue weighted by Crippen LogP contribution is 2.31. The van der Waals surface area contributed by atoms with Crippen molar-refractivity contribution >= 4 is 28.9 Å². The van der Waals surface area contributed by atoms with Crippen LogP contribution in [0.1, 0.15) is 47.1 Å². The summed E-state index contributed by atoms with van der Waals surface area (Å²) in [5.74, 6) is 0.649. The zero-order valence-corrected chi connectivity index (χ0v) is 22.9. The van der Waals surface area contributed by atoms with Crippen molar-refractivity contribution in [1.29, 1.82) is 0 Å². The molecule has 2 amide bonds. The first-order valence-corrected chi connectivity index (χ1v) is 13.5. The molecule has 1 N–H and O–H groups in total. The number of rotatable bonds is 9. The van der Waals surface area contributed by atoms with Crippen LogP contribution in [-0.4, -0.2) is 63.1 Å². The summed E-state index contributed by atoms with van der Waals surface area (Å²) < 4.78 is 5.56. The lowest BCUT2D eigenvalue weighted by Crippen LogP contribution is -2.47. The van der Waals surface area contributed by atoms with Crippen LogP contribution >= 0.6 is 0 Å².